The number of rotatable bonds is 5. The van der Waals surface area contributed by atoms with Crippen molar-refractivity contribution in [3.05, 3.63) is 82.3 Å². The van der Waals surface area contributed by atoms with Gasteiger partial charge in [0.05, 0.1) is 0 Å². The lowest BCUT2D eigenvalue weighted by Crippen LogP contribution is -2.16. The molecule has 3 aromatic rings. The fourth-order valence-electron chi connectivity index (χ4n) is 2.75. The molecule has 1 heterocycles. The normalized spacial score (nSPS) is 10.5. The summed E-state index contributed by atoms with van der Waals surface area (Å²) in [4.78, 5) is 21.3. The minimum atomic E-state index is -0.243. The van der Waals surface area contributed by atoms with Crippen LogP contribution in [0.1, 0.15) is 38.6 Å². The topological polar surface area (TPSA) is 66.9 Å². The summed E-state index contributed by atoms with van der Waals surface area (Å²) in [5.74, 6) is 0.941. The number of aryl methyl sites for hydroxylation is 3. The van der Waals surface area contributed by atoms with Gasteiger partial charge in [-0.3, -0.25) is 4.79 Å². The first-order chi connectivity index (χ1) is 12.9. The molecule has 27 heavy (non-hydrogen) atoms. The fraction of sp³-hybridized carbons (Fsp3) is 0.227. The van der Waals surface area contributed by atoms with Crippen LogP contribution in [0.25, 0.3) is 0 Å². The highest BCUT2D eigenvalue weighted by molar-refractivity contribution is 6.03. The Morgan fingerprint density at radius 2 is 1.70 bits per heavy atom. The lowest BCUT2D eigenvalue weighted by Gasteiger charge is -2.12. The number of amides is 1. The summed E-state index contributed by atoms with van der Waals surface area (Å²) in [6.45, 7) is 8.49. The highest BCUT2D eigenvalue weighted by Gasteiger charge is 2.12. The quantitative estimate of drug-likeness (QED) is 0.699. The zero-order chi connectivity index (χ0) is 19.4. The summed E-state index contributed by atoms with van der Waals surface area (Å²) in [6.07, 6.45) is 0. The summed E-state index contributed by atoms with van der Waals surface area (Å²) in [5, 5.41) is 6.21. The van der Waals surface area contributed by atoms with E-state index in [2.05, 4.69) is 51.8 Å². The monoisotopic (exact) mass is 360 g/mol. The molecule has 0 bridgehead atoms. The van der Waals surface area contributed by atoms with Crippen molar-refractivity contribution < 1.29 is 4.79 Å². The van der Waals surface area contributed by atoms with Crippen molar-refractivity contribution in [3.8, 4) is 0 Å². The van der Waals surface area contributed by atoms with E-state index < -0.39 is 0 Å². The maximum Gasteiger partial charge on any atom is 0.274 e. The third kappa shape index (κ3) is 4.70. The molecule has 3 rings (SSSR count). The third-order valence-electron chi connectivity index (χ3n) is 4.52. The SMILES string of the molecule is Cc1ccc(CNc2cc(C(=O)Nc3cccc(C)c3C)nc(C)n2)cc1. The predicted octanol–water partition coefficient (Wildman–Crippen LogP) is 4.57. The molecule has 0 aliphatic carbocycles. The second kappa shape index (κ2) is 7.99. The van der Waals surface area contributed by atoms with Gasteiger partial charge in [-0.1, -0.05) is 42.0 Å². The van der Waals surface area contributed by atoms with Crippen molar-refractivity contribution in [2.75, 3.05) is 10.6 Å². The largest absolute Gasteiger partial charge is 0.366 e. The molecule has 2 N–H and O–H groups in total. The van der Waals surface area contributed by atoms with Crippen LogP contribution in [0.3, 0.4) is 0 Å². The number of anilines is 2. The average molecular weight is 360 g/mol. The van der Waals surface area contributed by atoms with Gasteiger partial charge in [0.2, 0.25) is 0 Å². The molecule has 138 valence electrons. The third-order valence-corrected chi connectivity index (χ3v) is 4.52. The van der Waals surface area contributed by atoms with E-state index in [0.717, 1.165) is 22.4 Å². The Kier molecular flexibility index (Phi) is 5.50. The summed E-state index contributed by atoms with van der Waals surface area (Å²) in [5.41, 5.74) is 5.70. The van der Waals surface area contributed by atoms with Crippen molar-refractivity contribution >= 4 is 17.4 Å². The minimum absolute atomic E-state index is 0.243. The van der Waals surface area contributed by atoms with Crippen molar-refractivity contribution in [1.29, 1.82) is 0 Å². The first-order valence-electron chi connectivity index (χ1n) is 8.95. The van der Waals surface area contributed by atoms with Gasteiger partial charge in [0.25, 0.3) is 5.91 Å². The van der Waals surface area contributed by atoms with Gasteiger partial charge in [-0.25, -0.2) is 9.97 Å². The molecule has 1 amide bonds. The van der Waals surface area contributed by atoms with Crippen molar-refractivity contribution in [2.45, 2.75) is 34.2 Å². The van der Waals surface area contributed by atoms with Gasteiger partial charge in [-0.15, -0.1) is 0 Å². The van der Waals surface area contributed by atoms with Crippen LogP contribution in [0.4, 0.5) is 11.5 Å². The predicted molar refractivity (Wildman–Crippen MR) is 109 cm³/mol. The van der Waals surface area contributed by atoms with Gasteiger partial charge in [0, 0.05) is 18.3 Å². The Labute approximate surface area is 159 Å². The zero-order valence-electron chi connectivity index (χ0n) is 16.1. The van der Waals surface area contributed by atoms with Gasteiger partial charge < -0.3 is 10.6 Å². The minimum Gasteiger partial charge on any atom is -0.366 e. The van der Waals surface area contributed by atoms with Crippen LogP contribution in [-0.4, -0.2) is 15.9 Å². The second-order valence-electron chi connectivity index (χ2n) is 6.73. The van der Waals surface area contributed by atoms with E-state index in [9.17, 15) is 4.79 Å². The van der Waals surface area contributed by atoms with Crippen LogP contribution in [0, 0.1) is 27.7 Å². The van der Waals surface area contributed by atoms with E-state index in [4.69, 9.17) is 0 Å². The first-order valence-corrected chi connectivity index (χ1v) is 8.95. The average Bonchev–Trinajstić information content (AvgIpc) is 2.64. The molecule has 0 aliphatic heterocycles. The number of hydrogen-bond acceptors (Lipinski definition) is 4. The Morgan fingerprint density at radius 3 is 2.44 bits per heavy atom. The Hall–Kier alpha value is -3.21. The molecule has 0 unspecified atom stereocenters. The van der Waals surface area contributed by atoms with Crippen LogP contribution in [-0.2, 0) is 6.54 Å². The Bertz CT molecular complexity index is 965. The Balaban J connectivity index is 1.75. The molecular weight excluding hydrogens is 336 g/mol. The van der Waals surface area contributed by atoms with Gasteiger partial charge in [0.1, 0.15) is 17.3 Å². The molecule has 0 fully saturated rings. The number of carbonyl (C=O) groups is 1. The number of hydrogen-bond donors (Lipinski definition) is 2. The van der Waals surface area contributed by atoms with Crippen LogP contribution >= 0.6 is 0 Å². The van der Waals surface area contributed by atoms with E-state index >= 15 is 0 Å². The lowest BCUT2D eigenvalue weighted by atomic mass is 10.1. The molecule has 0 atom stereocenters. The van der Waals surface area contributed by atoms with E-state index in [1.54, 1.807) is 13.0 Å². The lowest BCUT2D eigenvalue weighted by molar-refractivity contribution is 0.102. The maximum absolute atomic E-state index is 12.7. The van der Waals surface area contributed by atoms with Gasteiger partial charge in [-0.2, -0.15) is 0 Å². The van der Waals surface area contributed by atoms with E-state index in [1.165, 1.54) is 5.56 Å². The molecule has 0 saturated heterocycles. The molecule has 1 aromatic heterocycles. The molecule has 5 nitrogen and oxygen atoms in total. The van der Waals surface area contributed by atoms with E-state index in [1.807, 2.05) is 32.0 Å². The number of benzene rings is 2. The van der Waals surface area contributed by atoms with Gasteiger partial charge >= 0.3 is 0 Å². The molecule has 0 radical (unpaired) electrons. The molecule has 0 aliphatic rings. The van der Waals surface area contributed by atoms with E-state index in [0.29, 0.717) is 23.9 Å². The van der Waals surface area contributed by atoms with Gasteiger partial charge in [-0.05, 0) is 50.5 Å². The van der Waals surface area contributed by atoms with Crippen molar-refractivity contribution in [2.24, 2.45) is 0 Å². The summed E-state index contributed by atoms with van der Waals surface area (Å²) in [6, 6.07) is 15.8. The molecule has 0 saturated carbocycles. The smallest absolute Gasteiger partial charge is 0.274 e. The second-order valence-corrected chi connectivity index (χ2v) is 6.73. The number of nitrogens with zero attached hydrogens (tertiary/aromatic N) is 2. The molecule has 5 heteroatoms. The van der Waals surface area contributed by atoms with Crippen LogP contribution in [0.15, 0.2) is 48.5 Å². The van der Waals surface area contributed by atoms with Crippen LogP contribution in [0.2, 0.25) is 0 Å². The standard InChI is InChI=1S/C22H24N4O/c1-14-8-10-18(11-9-14)13-23-21-12-20(24-17(4)25-21)22(27)26-19-7-5-6-15(2)16(19)3/h5-12H,13H2,1-4H3,(H,26,27)(H,23,24,25). The van der Waals surface area contributed by atoms with E-state index in [-0.39, 0.29) is 5.91 Å². The highest BCUT2D eigenvalue weighted by Crippen LogP contribution is 2.19. The number of nitrogens with one attached hydrogen (secondary N) is 2. The summed E-state index contributed by atoms with van der Waals surface area (Å²) in [7, 11) is 0. The summed E-state index contributed by atoms with van der Waals surface area (Å²) >= 11 is 0. The van der Waals surface area contributed by atoms with Crippen molar-refractivity contribution in [3.63, 3.8) is 0 Å². The molecule has 2 aromatic carbocycles. The van der Waals surface area contributed by atoms with Gasteiger partial charge in [0.15, 0.2) is 0 Å². The number of carbonyl (C=O) groups excluding carboxylic acids is 1. The van der Waals surface area contributed by atoms with Crippen molar-refractivity contribution in [1.82, 2.24) is 9.97 Å². The maximum atomic E-state index is 12.7. The zero-order valence-corrected chi connectivity index (χ0v) is 16.1. The fourth-order valence-corrected chi connectivity index (χ4v) is 2.75. The Morgan fingerprint density at radius 1 is 0.963 bits per heavy atom. The molecular formula is C22H24N4O. The van der Waals surface area contributed by atoms with Crippen LogP contribution < -0.4 is 10.6 Å². The first kappa shape index (κ1) is 18.6. The van der Waals surface area contributed by atoms with Crippen LogP contribution in [0.5, 0.6) is 0 Å². The summed E-state index contributed by atoms with van der Waals surface area (Å²) < 4.78 is 0. The molecule has 0 spiro atoms. The highest BCUT2D eigenvalue weighted by atomic mass is 16.1. The number of aromatic nitrogens is 2.